The van der Waals surface area contributed by atoms with Crippen molar-refractivity contribution in [2.75, 3.05) is 13.7 Å². The van der Waals surface area contributed by atoms with Crippen LogP contribution < -0.4 is 10.1 Å². The van der Waals surface area contributed by atoms with Gasteiger partial charge in [-0.15, -0.1) is 0 Å². The molecule has 1 aliphatic heterocycles. The van der Waals surface area contributed by atoms with E-state index in [9.17, 15) is 14.4 Å². The van der Waals surface area contributed by atoms with Gasteiger partial charge in [0.05, 0.1) is 19.4 Å². The third-order valence-corrected chi connectivity index (χ3v) is 8.36. The van der Waals surface area contributed by atoms with E-state index in [0.717, 1.165) is 46.2 Å². The summed E-state index contributed by atoms with van der Waals surface area (Å²) in [5.41, 5.74) is 6.27. The molecule has 0 spiro atoms. The number of hydrogen-bond acceptors (Lipinski definition) is 6. The van der Waals surface area contributed by atoms with Gasteiger partial charge in [-0.05, 0) is 70.5 Å². The fraction of sp³-hybridized carbons (Fsp3) is 0.286. The van der Waals surface area contributed by atoms with E-state index in [2.05, 4.69) is 34.3 Å². The second kappa shape index (κ2) is 14.3. The van der Waals surface area contributed by atoms with Gasteiger partial charge in [-0.2, -0.15) is 0 Å². The summed E-state index contributed by atoms with van der Waals surface area (Å²) >= 11 is 6.24. The first-order chi connectivity index (χ1) is 21.8. The van der Waals surface area contributed by atoms with Crippen LogP contribution in [0.3, 0.4) is 0 Å². The van der Waals surface area contributed by atoms with Crippen molar-refractivity contribution >= 4 is 29.4 Å². The molecule has 1 aliphatic rings. The topological polar surface area (TPSA) is 122 Å². The summed E-state index contributed by atoms with van der Waals surface area (Å²) in [4.78, 5) is 48.2. The average Bonchev–Trinajstić information content (AvgIpc) is 3.49. The summed E-state index contributed by atoms with van der Waals surface area (Å²) < 4.78 is 5.08. The highest BCUT2D eigenvalue weighted by atomic mass is 35.5. The lowest BCUT2D eigenvalue weighted by atomic mass is 9.77. The predicted octanol–water partition coefficient (Wildman–Crippen LogP) is 6.22. The van der Waals surface area contributed by atoms with Gasteiger partial charge in [-0.25, -0.2) is 9.97 Å². The van der Waals surface area contributed by atoms with Gasteiger partial charge in [-0.1, -0.05) is 61.3 Å². The SMILES string of the molecule is CCCC(c1ccc(C(=O)NCCC(=O)O)cc1)C(C(=O)N1Cc2ccc(-c3cnc(OC)nc3)cc2C1)c1ccc(Cl)cc1. The van der Waals surface area contributed by atoms with Gasteiger partial charge < -0.3 is 20.1 Å². The molecular weight excluding hydrogens is 592 g/mol. The molecule has 0 bridgehead atoms. The van der Waals surface area contributed by atoms with Gasteiger partial charge in [0, 0.05) is 48.2 Å². The van der Waals surface area contributed by atoms with E-state index >= 15 is 0 Å². The van der Waals surface area contributed by atoms with Gasteiger partial charge >= 0.3 is 12.0 Å². The normalized spacial score (nSPS) is 13.5. The number of hydrogen-bond donors (Lipinski definition) is 2. The molecule has 2 amide bonds. The molecule has 10 heteroatoms. The number of carbonyl (C=O) groups excluding carboxylic acids is 2. The molecule has 5 rings (SSSR count). The Morgan fingerprint density at radius 1 is 0.933 bits per heavy atom. The quantitative estimate of drug-likeness (QED) is 0.191. The Morgan fingerprint density at radius 3 is 2.24 bits per heavy atom. The second-order valence-electron chi connectivity index (χ2n) is 11.1. The first kappa shape index (κ1) is 31.7. The Labute approximate surface area is 267 Å². The van der Waals surface area contributed by atoms with Gasteiger partial charge in [0.2, 0.25) is 5.91 Å². The number of ether oxygens (including phenoxy) is 1. The number of methoxy groups -OCH3 is 1. The monoisotopic (exact) mass is 626 g/mol. The Kier molecular flexibility index (Phi) is 10.1. The number of fused-ring (bicyclic) bond motifs is 1. The molecule has 9 nitrogen and oxygen atoms in total. The number of nitrogens with zero attached hydrogens (tertiary/aromatic N) is 3. The highest BCUT2D eigenvalue weighted by Gasteiger charge is 2.36. The molecule has 0 aliphatic carbocycles. The van der Waals surface area contributed by atoms with Gasteiger partial charge in [-0.3, -0.25) is 14.4 Å². The maximum atomic E-state index is 14.5. The van der Waals surface area contributed by atoms with E-state index in [1.54, 1.807) is 24.5 Å². The number of nitrogens with one attached hydrogen (secondary N) is 1. The third kappa shape index (κ3) is 7.49. The summed E-state index contributed by atoms with van der Waals surface area (Å²) in [5.74, 6) is -1.91. The number of aliphatic carboxylic acids is 1. The lowest BCUT2D eigenvalue weighted by Gasteiger charge is -2.31. The van der Waals surface area contributed by atoms with E-state index in [1.807, 2.05) is 47.4 Å². The summed E-state index contributed by atoms with van der Waals surface area (Å²) in [5, 5.41) is 12.1. The summed E-state index contributed by atoms with van der Waals surface area (Å²) in [6.45, 7) is 3.13. The molecule has 45 heavy (non-hydrogen) atoms. The van der Waals surface area contributed by atoms with E-state index in [-0.39, 0.29) is 30.7 Å². The molecule has 0 saturated carbocycles. The Morgan fingerprint density at radius 2 is 1.60 bits per heavy atom. The van der Waals surface area contributed by atoms with Crippen molar-refractivity contribution in [3.63, 3.8) is 0 Å². The number of rotatable bonds is 12. The van der Waals surface area contributed by atoms with E-state index in [0.29, 0.717) is 29.7 Å². The molecule has 1 aromatic heterocycles. The lowest BCUT2D eigenvalue weighted by molar-refractivity contribution is -0.137. The minimum absolute atomic E-state index is 0.0248. The zero-order valence-electron chi connectivity index (χ0n) is 25.2. The van der Waals surface area contributed by atoms with Gasteiger partial charge in [0.15, 0.2) is 0 Å². The minimum Gasteiger partial charge on any atom is -0.481 e. The summed E-state index contributed by atoms with van der Waals surface area (Å²) in [7, 11) is 1.53. The van der Waals surface area contributed by atoms with Crippen molar-refractivity contribution in [3.05, 3.63) is 112 Å². The molecule has 0 saturated heterocycles. The summed E-state index contributed by atoms with van der Waals surface area (Å²) in [6, 6.07) is 21.2. The van der Waals surface area contributed by atoms with Crippen LogP contribution in [0.1, 0.15) is 70.6 Å². The van der Waals surface area contributed by atoms with Crippen LogP contribution >= 0.6 is 11.6 Å². The van der Waals surface area contributed by atoms with Crippen LogP contribution in [0.25, 0.3) is 11.1 Å². The molecule has 2 heterocycles. The van der Waals surface area contributed by atoms with E-state index < -0.39 is 11.9 Å². The van der Waals surface area contributed by atoms with Crippen LogP contribution in [0.2, 0.25) is 5.02 Å². The van der Waals surface area contributed by atoms with Crippen LogP contribution in [-0.4, -0.2) is 51.4 Å². The molecule has 0 fully saturated rings. The molecule has 3 aromatic carbocycles. The maximum absolute atomic E-state index is 14.5. The second-order valence-corrected chi connectivity index (χ2v) is 11.5. The fourth-order valence-electron chi connectivity index (χ4n) is 5.82. The van der Waals surface area contributed by atoms with E-state index in [4.69, 9.17) is 21.4 Å². The zero-order chi connectivity index (χ0) is 31.9. The first-order valence-electron chi connectivity index (χ1n) is 14.9. The zero-order valence-corrected chi connectivity index (χ0v) is 26.0. The van der Waals surface area contributed by atoms with Crippen molar-refractivity contribution in [2.45, 2.75) is 51.1 Å². The predicted molar refractivity (Wildman–Crippen MR) is 171 cm³/mol. The first-order valence-corrected chi connectivity index (χ1v) is 15.3. The minimum atomic E-state index is -0.973. The van der Waals surface area contributed by atoms with Crippen molar-refractivity contribution in [1.82, 2.24) is 20.2 Å². The average molecular weight is 627 g/mol. The molecule has 232 valence electrons. The Bertz CT molecular complexity index is 1660. The summed E-state index contributed by atoms with van der Waals surface area (Å²) in [6.07, 6.45) is 4.91. The molecule has 2 unspecified atom stereocenters. The number of amides is 2. The van der Waals surface area contributed by atoms with Gasteiger partial charge in [0.1, 0.15) is 0 Å². The largest absolute Gasteiger partial charge is 0.481 e. The molecule has 0 radical (unpaired) electrons. The van der Waals surface area contributed by atoms with Crippen LogP contribution in [0.4, 0.5) is 0 Å². The maximum Gasteiger partial charge on any atom is 0.316 e. The Balaban J connectivity index is 1.41. The van der Waals surface area contributed by atoms with Crippen LogP contribution in [-0.2, 0) is 22.7 Å². The number of carboxylic acids is 1. The van der Waals surface area contributed by atoms with E-state index in [1.165, 1.54) is 7.11 Å². The lowest BCUT2D eigenvalue weighted by Crippen LogP contribution is -2.34. The van der Waals surface area contributed by atoms with Crippen molar-refractivity contribution in [3.8, 4) is 17.1 Å². The third-order valence-electron chi connectivity index (χ3n) is 8.11. The number of halogens is 1. The van der Waals surface area contributed by atoms with Crippen LogP contribution in [0, 0.1) is 0 Å². The van der Waals surface area contributed by atoms with Crippen molar-refractivity contribution < 1.29 is 24.2 Å². The number of benzene rings is 3. The number of aromatic nitrogens is 2. The van der Waals surface area contributed by atoms with Crippen LogP contribution in [0.5, 0.6) is 6.01 Å². The standard InChI is InChI=1S/C35H35ClN4O5/c1-3-4-30(22-5-7-24(8-6-22)33(43)37-16-15-31(41)42)32(23-11-13-29(36)14-12-23)34(44)40-20-26-10-9-25(17-27(26)21-40)28-18-38-35(45-2)39-19-28/h5-14,17-19,30,32H,3-4,15-16,20-21H2,1-2H3,(H,37,43)(H,41,42). The van der Waals surface area contributed by atoms with Gasteiger partial charge in [0.25, 0.3) is 5.91 Å². The smallest absolute Gasteiger partial charge is 0.316 e. The fourth-order valence-corrected chi connectivity index (χ4v) is 5.94. The van der Waals surface area contributed by atoms with Crippen LogP contribution in [0.15, 0.2) is 79.1 Å². The number of carbonyl (C=O) groups is 3. The van der Waals surface area contributed by atoms with Crippen molar-refractivity contribution in [2.24, 2.45) is 0 Å². The number of carboxylic acid groups (broad SMARTS) is 1. The molecule has 2 atom stereocenters. The Hall–Kier alpha value is -4.76. The highest BCUT2D eigenvalue weighted by Crippen LogP contribution is 2.40. The molecule has 2 N–H and O–H groups in total. The van der Waals surface area contributed by atoms with Crippen molar-refractivity contribution in [1.29, 1.82) is 0 Å². The molecular formula is C35H35ClN4O5. The highest BCUT2D eigenvalue weighted by molar-refractivity contribution is 6.30. The molecule has 4 aromatic rings.